The van der Waals surface area contributed by atoms with E-state index < -0.39 is 18.0 Å². The van der Waals surface area contributed by atoms with E-state index in [0.717, 1.165) is 11.1 Å². The van der Waals surface area contributed by atoms with Gasteiger partial charge in [-0.1, -0.05) is 67.2 Å². The maximum Gasteiger partial charge on any atom is 0.333 e. The van der Waals surface area contributed by atoms with Crippen molar-refractivity contribution in [3.8, 4) is 0 Å². The lowest BCUT2D eigenvalue weighted by Crippen LogP contribution is -2.25. The second-order valence-corrected chi connectivity index (χ2v) is 5.55. The third-order valence-electron chi connectivity index (χ3n) is 3.77. The van der Waals surface area contributed by atoms with Gasteiger partial charge in [-0.05, 0) is 0 Å². The maximum atomic E-state index is 12.2. The van der Waals surface area contributed by atoms with Gasteiger partial charge < -0.3 is 9.47 Å². The van der Waals surface area contributed by atoms with Gasteiger partial charge >= 0.3 is 11.9 Å². The van der Waals surface area contributed by atoms with Crippen molar-refractivity contribution in [2.45, 2.75) is 12.5 Å². The van der Waals surface area contributed by atoms with Crippen LogP contribution in [0.2, 0.25) is 0 Å². The van der Waals surface area contributed by atoms with Gasteiger partial charge in [0.2, 0.25) is 0 Å². The van der Waals surface area contributed by atoms with Crippen molar-refractivity contribution in [2.75, 3.05) is 14.2 Å². The molecule has 0 N–H and O–H groups in total. The van der Waals surface area contributed by atoms with Crippen molar-refractivity contribution in [1.82, 2.24) is 0 Å². The number of nitrogens with zero attached hydrogens (tertiary/aromatic N) is 1. The molecule has 2 aromatic rings. The Morgan fingerprint density at radius 3 is 1.85 bits per heavy atom. The molecule has 5 heteroatoms. The van der Waals surface area contributed by atoms with Crippen LogP contribution in [0, 0.1) is 0 Å². The highest BCUT2D eigenvalue weighted by molar-refractivity contribution is 6.13. The molecule has 1 unspecified atom stereocenters. The predicted molar refractivity (Wildman–Crippen MR) is 100 cm³/mol. The summed E-state index contributed by atoms with van der Waals surface area (Å²) in [6.07, 6.45) is 0.0164. The van der Waals surface area contributed by atoms with Gasteiger partial charge in [-0.2, -0.15) is 0 Å². The summed E-state index contributed by atoms with van der Waals surface area (Å²) in [6.45, 7) is 3.68. The summed E-state index contributed by atoms with van der Waals surface area (Å²) in [5.74, 6) is -1.12. The van der Waals surface area contributed by atoms with Gasteiger partial charge in [-0.3, -0.25) is 4.99 Å². The fourth-order valence-electron chi connectivity index (χ4n) is 2.44. The number of aliphatic imine (C=N–C) groups is 1. The van der Waals surface area contributed by atoms with Crippen LogP contribution in [0.4, 0.5) is 0 Å². The van der Waals surface area contributed by atoms with E-state index in [1.54, 1.807) is 0 Å². The monoisotopic (exact) mass is 351 g/mol. The molecule has 0 heterocycles. The molecule has 134 valence electrons. The molecule has 0 saturated carbocycles. The van der Waals surface area contributed by atoms with Crippen molar-refractivity contribution < 1.29 is 19.1 Å². The predicted octanol–water partition coefficient (Wildman–Crippen LogP) is 3.18. The molecule has 0 fully saturated rings. The number of methoxy groups -OCH3 is 2. The van der Waals surface area contributed by atoms with Gasteiger partial charge in [0.1, 0.15) is 0 Å². The van der Waals surface area contributed by atoms with E-state index in [1.165, 1.54) is 14.2 Å². The number of carbonyl (C=O) groups excluding carboxylic acids is 2. The van der Waals surface area contributed by atoms with Gasteiger partial charge in [0.15, 0.2) is 6.04 Å². The molecule has 2 aromatic carbocycles. The summed E-state index contributed by atoms with van der Waals surface area (Å²) in [5.41, 5.74) is 2.51. The minimum absolute atomic E-state index is 0.0164. The molecule has 2 rings (SSSR count). The molecule has 0 saturated heterocycles. The first-order valence-corrected chi connectivity index (χ1v) is 8.09. The molecule has 0 amide bonds. The molecule has 0 aromatic heterocycles. The average molecular weight is 351 g/mol. The molecule has 0 spiro atoms. The van der Waals surface area contributed by atoms with E-state index in [9.17, 15) is 9.59 Å². The van der Waals surface area contributed by atoms with Crippen LogP contribution < -0.4 is 0 Å². The van der Waals surface area contributed by atoms with Crippen molar-refractivity contribution in [3.63, 3.8) is 0 Å². The first-order chi connectivity index (χ1) is 12.6. The standard InChI is InChI=1S/C21H21NO4/c1-15(20(23)25-2)14-18(21(24)26-3)22-19(16-10-6-4-7-11-16)17-12-8-5-9-13-17/h4-13,18H,1,14H2,2-3H3. The normalized spacial score (nSPS) is 11.2. The molecule has 0 aliphatic rings. The van der Waals surface area contributed by atoms with Gasteiger partial charge in [-0.25, -0.2) is 9.59 Å². The van der Waals surface area contributed by atoms with E-state index in [0.29, 0.717) is 5.71 Å². The summed E-state index contributed by atoms with van der Waals surface area (Å²) in [5, 5.41) is 0. The molecule has 26 heavy (non-hydrogen) atoms. The van der Waals surface area contributed by atoms with E-state index in [4.69, 9.17) is 4.74 Å². The smallest absolute Gasteiger partial charge is 0.333 e. The number of esters is 2. The van der Waals surface area contributed by atoms with Gasteiger partial charge in [0.05, 0.1) is 19.9 Å². The molecule has 5 nitrogen and oxygen atoms in total. The highest BCUT2D eigenvalue weighted by atomic mass is 16.5. The van der Waals surface area contributed by atoms with Gasteiger partial charge in [0.25, 0.3) is 0 Å². The fraction of sp³-hybridized carbons (Fsp3) is 0.190. The Labute approximate surface area is 153 Å². The molecule has 0 radical (unpaired) electrons. The SMILES string of the molecule is C=C(CC(N=C(c1ccccc1)c1ccccc1)C(=O)OC)C(=O)OC. The van der Waals surface area contributed by atoms with Crippen LogP contribution >= 0.6 is 0 Å². The first-order valence-electron chi connectivity index (χ1n) is 8.09. The van der Waals surface area contributed by atoms with Crippen molar-refractivity contribution >= 4 is 17.7 Å². The second kappa shape index (κ2) is 9.32. The molecule has 0 aliphatic carbocycles. The van der Waals surface area contributed by atoms with Crippen molar-refractivity contribution in [2.24, 2.45) is 4.99 Å². The number of hydrogen-bond acceptors (Lipinski definition) is 5. The summed E-state index contributed by atoms with van der Waals surface area (Å²) in [7, 11) is 2.56. The summed E-state index contributed by atoms with van der Waals surface area (Å²) < 4.78 is 9.52. The number of carbonyl (C=O) groups is 2. The van der Waals surface area contributed by atoms with Crippen LogP contribution in [-0.2, 0) is 19.1 Å². The first kappa shape index (κ1) is 19.1. The van der Waals surface area contributed by atoms with E-state index in [-0.39, 0.29) is 12.0 Å². The summed E-state index contributed by atoms with van der Waals surface area (Å²) in [6, 6.07) is 18.1. The van der Waals surface area contributed by atoms with Crippen molar-refractivity contribution in [1.29, 1.82) is 0 Å². The lowest BCUT2D eigenvalue weighted by molar-refractivity contribution is -0.142. The zero-order valence-corrected chi connectivity index (χ0v) is 14.8. The molecule has 0 bridgehead atoms. The zero-order chi connectivity index (χ0) is 18.9. The topological polar surface area (TPSA) is 65.0 Å². The van der Waals surface area contributed by atoms with Crippen LogP contribution in [0.1, 0.15) is 17.5 Å². The highest BCUT2D eigenvalue weighted by Gasteiger charge is 2.24. The average Bonchev–Trinajstić information content (AvgIpc) is 2.70. The van der Waals surface area contributed by atoms with Crippen LogP contribution in [0.5, 0.6) is 0 Å². The highest BCUT2D eigenvalue weighted by Crippen LogP contribution is 2.16. The number of rotatable bonds is 7. The summed E-state index contributed by atoms with van der Waals surface area (Å²) >= 11 is 0. The molecular weight excluding hydrogens is 330 g/mol. The summed E-state index contributed by atoms with van der Waals surface area (Å²) in [4.78, 5) is 28.5. The minimum Gasteiger partial charge on any atom is -0.467 e. The molecular formula is C21H21NO4. The maximum absolute atomic E-state index is 12.2. The van der Waals surface area contributed by atoms with Gasteiger partial charge in [-0.15, -0.1) is 0 Å². The Bertz CT molecular complexity index is 756. The van der Waals surface area contributed by atoms with Gasteiger partial charge in [0, 0.05) is 23.1 Å². The van der Waals surface area contributed by atoms with Crippen molar-refractivity contribution in [3.05, 3.63) is 83.9 Å². The van der Waals surface area contributed by atoms with E-state index in [1.807, 2.05) is 60.7 Å². The number of hydrogen-bond donors (Lipinski definition) is 0. The lowest BCUT2D eigenvalue weighted by atomic mass is 10.0. The lowest BCUT2D eigenvalue weighted by Gasteiger charge is -2.15. The van der Waals surface area contributed by atoms with Crippen LogP contribution in [0.15, 0.2) is 77.8 Å². The Morgan fingerprint density at radius 2 is 1.42 bits per heavy atom. The Kier molecular flexibility index (Phi) is 6.85. The Morgan fingerprint density at radius 1 is 0.923 bits per heavy atom. The number of benzene rings is 2. The second-order valence-electron chi connectivity index (χ2n) is 5.55. The quantitative estimate of drug-likeness (QED) is 0.437. The zero-order valence-electron chi connectivity index (χ0n) is 14.8. The third-order valence-corrected chi connectivity index (χ3v) is 3.77. The van der Waals surface area contributed by atoms with Crippen LogP contribution in [-0.4, -0.2) is 37.9 Å². The largest absolute Gasteiger partial charge is 0.467 e. The minimum atomic E-state index is -0.901. The molecule has 0 aliphatic heterocycles. The van der Waals surface area contributed by atoms with Crippen LogP contribution in [0.25, 0.3) is 0 Å². The Hall–Kier alpha value is -3.21. The third kappa shape index (κ3) is 4.89. The number of ether oxygens (including phenoxy) is 2. The van der Waals surface area contributed by atoms with E-state index >= 15 is 0 Å². The molecule has 1 atom stereocenters. The Balaban J connectivity index is 2.48. The van der Waals surface area contributed by atoms with Crippen LogP contribution in [0.3, 0.4) is 0 Å². The van der Waals surface area contributed by atoms with E-state index in [2.05, 4.69) is 16.3 Å². The fourth-order valence-corrected chi connectivity index (χ4v) is 2.44.